The molecule has 2 unspecified atom stereocenters. The van der Waals surface area contributed by atoms with Gasteiger partial charge in [-0.1, -0.05) is 17.7 Å². The Morgan fingerprint density at radius 2 is 2.03 bits per heavy atom. The number of thiophene rings is 1. The number of allylic oxidation sites excluding steroid dienone is 1. The molecule has 0 bridgehead atoms. The summed E-state index contributed by atoms with van der Waals surface area (Å²) < 4.78 is 0.575. The maximum atomic E-state index is 13.0. The van der Waals surface area contributed by atoms with Crippen LogP contribution in [0.4, 0.5) is 5.69 Å². The van der Waals surface area contributed by atoms with Crippen molar-refractivity contribution in [3.8, 4) is 0 Å². The Labute approximate surface area is 179 Å². The SMILES string of the molecule is NC1(C(=O)c2ccc(Cl)s2)C=CC=NC1NCC1CCN(c2ccncc2)CC1. The van der Waals surface area contributed by atoms with E-state index in [0.717, 1.165) is 32.5 Å². The van der Waals surface area contributed by atoms with Gasteiger partial charge in [0.05, 0.1) is 9.21 Å². The number of aromatic nitrogens is 1. The molecule has 0 spiro atoms. The predicted octanol–water partition coefficient (Wildman–Crippen LogP) is 3.15. The molecule has 2 aromatic heterocycles. The van der Waals surface area contributed by atoms with E-state index in [4.69, 9.17) is 17.3 Å². The third-order valence-corrected chi connectivity index (χ3v) is 6.81. The van der Waals surface area contributed by atoms with Crippen molar-refractivity contribution in [2.75, 3.05) is 24.5 Å². The van der Waals surface area contributed by atoms with Gasteiger partial charge in [0.15, 0.2) is 5.78 Å². The van der Waals surface area contributed by atoms with E-state index in [-0.39, 0.29) is 5.78 Å². The fourth-order valence-electron chi connectivity index (χ4n) is 3.85. The molecule has 152 valence electrons. The van der Waals surface area contributed by atoms with Gasteiger partial charge in [-0.15, -0.1) is 11.3 Å². The number of ketones is 1. The van der Waals surface area contributed by atoms with E-state index in [1.165, 1.54) is 17.0 Å². The molecule has 4 heterocycles. The number of aliphatic imine (C=N–C) groups is 1. The van der Waals surface area contributed by atoms with E-state index >= 15 is 0 Å². The van der Waals surface area contributed by atoms with E-state index in [1.807, 2.05) is 24.5 Å². The number of carbonyl (C=O) groups excluding carboxylic acids is 1. The molecular weight excluding hydrogens is 406 g/mol. The zero-order valence-electron chi connectivity index (χ0n) is 16.0. The Kier molecular flexibility index (Phi) is 6.10. The van der Waals surface area contributed by atoms with Crippen molar-refractivity contribution >= 4 is 40.6 Å². The molecule has 1 saturated heterocycles. The molecule has 8 heteroatoms. The molecule has 3 N–H and O–H groups in total. The maximum Gasteiger partial charge on any atom is 0.200 e. The van der Waals surface area contributed by atoms with E-state index < -0.39 is 11.7 Å². The van der Waals surface area contributed by atoms with Gasteiger partial charge >= 0.3 is 0 Å². The van der Waals surface area contributed by atoms with Gasteiger partial charge in [-0.25, -0.2) is 0 Å². The first-order valence-corrected chi connectivity index (χ1v) is 10.9. The van der Waals surface area contributed by atoms with Crippen LogP contribution in [0.2, 0.25) is 4.34 Å². The van der Waals surface area contributed by atoms with E-state index in [9.17, 15) is 4.79 Å². The fraction of sp³-hybridized carbons (Fsp3) is 0.381. The minimum atomic E-state index is -1.21. The molecule has 29 heavy (non-hydrogen) atoms. The number of piperidine rings is 1. The van der Waals surface area contributed by atoms with Crippen LogP contribution in [0.15, 0.2) is 53.8 Å². The molecule has 0 aromatic carbocycles. The summed E-state index contributed by atoms with van der Waals surface area (Å²) in [5.74, 6) is 0.359. The Morgan fingerprint density at radius 1 is 1.28 bits per heavy atom. The van der Waals surface area contributed by atoms with Crippen molar-refractivity contribution in [2.24, 2.45) is 16.6 Å². The average Bonchev–Trinajstić information content (AvgIpc) is 3.20. The highest BCUT2D eigenvalue weighted by Crippen LogP contribution is 2.28. The average molecular weight is 430 g/mol. The number of nitrogens with one attached hydrogen (secondary N) is 1. The van der Waals surface area contributed by atoms with Crippen molar-refractivity contribution in [3.63, 3.8) is 0 Å². The Bertz CT molecular complexity index is 907. The third-order valence-electron chi connectivity index (χ3n) is 5.58. The van der Waals surface area contributed by atoms with Gasteiger partial charge in [0.2, 0.25) is 0 Å². The fourth-order valence-corrected chi connectivity index (χ4v) is 4.92. The third kappa shape index (κ3) is 4.43. The van der Waals surface area contributed by atoms with Gasteiger partial charge in [-0.2, -0.15) is 0 Å². The molecule has 2 aromatic rings. The number of carbonyl (C=O) groups is 1. The summed E-state index contributed by atoms with van der Waals surface area (Å²) in [6.45, 7) is 2.78. The topological polar surface area (TPSA) is 83.6 Å². The number of dihydropyridines is 1. The quantitative estimate of drug-likeness (QED) is 0.689. The van der Waals surface area contributed by atoms with Gasteiger partial charge in [0, 0.05) is 43.9 Å². The number of nitrogens with two attached hydrogens (primary N) is 1. The summed E-state index contributed by atoms with van der Waals surface area (Å²) in [6.07, 6.45) is 10.5. The molecular formula is C21H24ClN5OS. The molecule has 0 aliphatic carbocycles. The number of pyridine rings is 1. The van der Waals surface area contributed by atoms with Gasteiger partial charge in [0.1, 0.15) is 11.7 Å². The van der Waals surface area contributed by atoms with E-state index in [0.29, 0.717) is 15.1 Å². The lowest BCUT2D eigenvalue weighted by atomic mass is 9.87. The first-order valence-electron chi connectivity index (χ1n) is 9.74. The first-order chi connectivity index (χ1) is 14.1. The molecule has 2 atom stereocenters. The number of anilines is 1. The van der Waals surface area contributed by atoms with E-state index in [1.54, 1.807) is 30.5 Å². The van der Waals surface area contributed by atoms with Crippen molar-refractivity contribution in [3.05, 3.63) is 58.0 Å². The summed E-state index contributed by atoms with van der Waals surface area (Å²) in [7, 11) is 0. The highest BCUT2D eigenvalue weighted by atomic mass is 35.5. The molecule has 0 radical (unpaired) electrons. The van der Waals surface area contributed by atoms with Crippen LogP contribution in [0.25, 0.3) is 0 Å². The molecule has 0 saturated carbocycles. The van der Waals surface area contributed by atoms with Crippen molar-refractivity contribution < 1.29 is 4.79 Å². The largest absolute Gasteiger partial charge is 0.371 e. The summed E-state index contributed by atoms with van der Waals surface area (Å²) >= 11 is 7.25. The van der Waals surface area contributed by atoms with Crippen molar-refractivity contribution in [1.82, 2.24) is 10.3 Å². The van der Waals surface area contributed by atoms with Crippen LogP contribution in [0.1, 0.15) is 22.5 Å². The van der Waals surface area contributed by atoms with Crippen molar-refractivity contribution in [2.45, 2.75) is 24.5 Å². The highest BCUT2D eigenvalue weighted by Gasteiger charge is 2.42. The van der Waals surface area contributed by atoms with Gasteiger partial charge < -0.3 is 10.6 Å². The van der Waals surface area contributed by atoms with Crippen LogP contribution in [0, 0.1) is 5.92 Å². The van der Waals surface area contributed by atoms with Gasteiger partial charge in [-0.3, -0.25) is 20.1 Å². The standard InChI is InChI=1S/C21H24ClN5OS/c22-18-3-2-17(29-18)19(28)21(23)8-1-9-25-20(21)26-14-15-6-12-27(13-7-15)16-4-10-24-11-5-16/h1-5,8-11,15,20,26H,6-7,12-14,23H2. The molecule has 2 aliphatic rings. The summed E-state index contributed by atoms with van der Waals surface area (Å²) in [5.41, 5.74) is 6.55. The monoisotopic (exact) mass is 429 g/mol. The van der Waals surface area contributed by atoms with Crippen molar-refractivity contribution in [1.29, 1.82) is 0 Å². The molecule has 6 nitrogen and oxygen atoms in total. The zero-order valence-corrected chi connectivity index (χ0v) is 17.6. The number of halogens is 1. The van der Waals surface area contributed by atoms with Crippen LogP contribution in [-0.2, 0) is 0 Å². The number of Topliss-reactive ketones (excluding diaryl/α,β-unsaturated/α-hetero) is 1. The maximum absolute atomic E-state index is 13.0. The molecule has 1 fully saturated rings. The number of rotatable bonds is 6. The Hall–Kier alpha value is -2.06. The lowest BCUT2D eigenvalue weighted by Crippen LogP contribution is -2.61. The second-order valence-corrected chi connectivity index (χ2v) is 9.18. The smallest absolute Gasteiger partial charge is 0.200 e. The zero-order chi connectivity index (χ0) is 20.3. The number of hydrogen-bond donors (Lipinski definition) is 2. The normalized spacial score (nSPS) is 24.8. The summed E-state index contributed by atoms with van der Waals surface area (Å²) in [6, 6.07) is 7.54. The summed E-state index contributed by atoms with van der Waals surface area (Å²) in [4.78, 5) is 24.5. The second-order valence-electron chi connectivity index (χ2n) is 7.47. The second kappa shape index (κ2) is 8.75. The van der Waals surface area contributed by atoms with Crippen LogP contribution in [0.5, 0.6) is 0 Å². The first kappa shape index (κ1) is 20.2. The Balaban J connectivity index is 1.35. The molecule has 2 aliphatic heterocycles. The lowest BCUT2D eigenvalue weighted by molar-refractivity contribution is 0.0894. The molecule has 0 amide bonds. The van der Waals surface area contributed by atoms with Crippen LogP contribution >= 0.6 is 22.9 Å². The lowest BCUT2D eigenvalue weighted by Gasteiger charge is -2.36. The molecule has 4 rings (SSSR count). The van der Waals surface area contributed by atoms with Gasteiger partial charge in [-0.05, 0) is 49.1 Å². The van der Waals surface area contributed by atoms with Gasteiger partial charge in [0.25, 0.3) is 0 Å². The minimum absolute atomic E-state index is 0.160. The number of nitrogens with zero attached hydrogens (tertiary/aromatic N) is 3. The van der Waals surface area contributed by atoms with Crippen LogP contribution in [-0.4, -0.2) is 48.3 Å². The van der Waals surface area contributed by atoms with Crippen LogP contribution in [0.3, 0.4) is 0 Å². The Morgan fingerprint density at radius 3 is 2.72 bits per heavy atom. The predicted molar refractivity (Wildman–Crippen MR) is 119 cm³/mol. The highest BCUT2D eigenvalue weighted by molar-refractivity contribution is 7.18. The minimum Gasteiger partial charge on any atom is -0.371 e. The van der Waals surface area contributed by atoms with Crippen LogP contribution < -0.4 is 16.0 Å². The number of hydrogen-bond acceptors (Lipinski definition) is 7. The summed E-state index contributed by atoms with van der Waals surface area (Å²) in [5, 5.41) is 3.44. The van der Waals surface area contributed by atoms with E-state index in [2.05, 4.69) is 20.2 Å².